The first-order chi connectivity index (χ1) is 12.9. The van der Waals surface area contributed by atoms with Gasteiger partial charge in [-0.25, -0.2) is 9.00 Å². The second kappa shape index (κ2) is 7.67. The lowest BCUT2D eigenvalue weighted by Gasteiger charge is -2.24. The van der Waals surface area contributed by atoms with Gasteiger partial charge in [0.05, 0.1) is 11.3 Å². The monoisotopic (exact) mass is 389 g/mol. The maximum absolute atomic E-state index is 12.9. The molecule has 0 spiro atoms. The van der Waals surface area contributed by atoms with Gasteiger partial charge in [0.1, 0.15) is 17.4 Å². The molecule has 0 amide bonds. The van der Waals surface area contributed by atoms with Gasteiger partial charge in [-0.2, -0.15) is 0 Å². The Balaban J connectivity index is 1.77. The van der Waals surface area contributed by atoms with E-state index in [-0.39, 0.29) is 25.1 Å². The summed E-state index contributed by atoms with van der Waals surface area (Å²) < 4.78 is 23.3. The van der Waals surface area contributed by atoms with E-state index in [9.17, 15) is 23.9 Å². The number of nitrogens with zero attached hydrogens (tertiary/aromatic N) is 1. The van der Waals surface area contributed by atoms with Crippen LogP contribution in [0.2, 0.25) is 0 Å². The van der Waals surface area contributed by atoms with Crippen LogP contribution >= 0.6 is 0 Å². The van der Waals surface area contributed by atoms with Crippen LogP contribution in [0.4, 0.5) is 5.69 Å². The zero-order chi connectivity index (χ0) is 19.4. The summed E-state index contributed by atoms with van der Waals surface area (Å²) in [5.41, 5.74) is 0.426. The quantitative estimate of drug-likeness (QED) is 0.424. The molecule has 3 rings (SSSR count). The second-order valence-corrected chi connectivity index (χ2v) is 7.48. The summed E-state index contributed by atoms with van der Waals surface area (Å²) in [5.74, 6) is -1.53. The number of carbonyl (C=O) groups is 2. The number of hydrogen-bond acceptors (Lipinski definition) is 7. The lowest BCUT2D eigenvalue weighted by molar-refractivity contribution is -0.384. The highest BCUT2D eigenvalue weighted by atomic mass is 32.2. The molecule has 0 aromatic heterocycles. The Bertz CT molecular complexity index is 898. The van der Waals surface area contributed by atoms with E-state index < -0.39 is 32.6 Å². The van der Waals surface area contributed by atoms with Gasteiger partial charge in [0.2, 0.25) is 0 Å². The number of rotatable bonds is 6. The Kier molecular flexibility index (Phi) is 5.31. The van der Waals surface area contributed by atoms with E-state index in [4.69, 9.17) is 9.47 Å². The minimum atomic E-state index is -1.94. The van der Waals surface area contributed by atoms with Gasteiger partial charge in [-0.05, 0) is 29.8 Å². The number of nitro benzene ring substituents is 1. The molecule has 2 unspecified atom stereocenters. The number of esters is 2. The van der Waals surface area contributed by atoms with Gasteiger partial charge >= 0.3 is 11.9 Å². The van der Waals surface area contributed by atoms with Crippen LogP contribution in [0.15, 0.2) is 59.5 Å². The van der Waals surface area contributed by atoms with Crippen LogP contribution in [0, 0.1) is 10.1 Å². The Hall–Kier alpha value is -3.07. The van der Waals surface area contributed by atoms with Gasteiger partial charge in [0, 0.05) is 23.4 Å². The van der Waals surface area contributed by atoms with Gasteiger partial charge in [0.25, 0.3) is 10.6 Å². The number of non-ortho nitro benzene ring substituents is 1. The van der Waals surface area contributed by atoms with Crippen LogP contribution in [-0.2, 0) is 36.5 Å². The zero-order valence-corrected chi connectivity index (χ0v) is 14.8. The maximum atomic E-state index is 12.9. The molecule has 8 nitrogen and oxygen atoms in total. The molecule has 1 fully saturated rings. The molecule has 0 N–H and O–H groups in total. The highest BCUT2D eigenvalue weighted by Gasteiger charge is 2.54. The Labute approximate surface area is 156 Å². The summed E-state index contributed by atoms with van der Waals surface area (Å²) in [7, 11) is -1.94. The summed E-state index contributed by atoms with van der Waals surface area (Å²) in [6.45, 7) is -0.192. The van der Waals surface area contributed by atoms with Gasteiger partial charge in [0.15, 0.2) is 0 Å². The third-order valence-corrected chi connectivity index (χ3v) is 5.78. The molecule has 0 saturated carbocycles. The van der Waals surface area contributed by atoms with Crippen molar-refractivity contribution in [3.63, 3.8) is 0 Å². The first-order valence-corrected chi connectivity index (χ1v) is 9.17. The summed E-state index contributed by atoms with van der Waals surface area (Å²) in [6, 6.07) is 13.7. The first-order valence-electron chi connectivity index (χ1n) is 8.02. The van der Waals surface area contributed by atoms with Crippen LogP contribution in [-0.4, -0.2) is 26.0 Å². The number of cyclic esters (lactones) is 1. The minimum Gasteiger partial charge on any atom is -0.457 e. The molecule has 0 aliphatic carbocycles. The van der Waals surface area contributed by atoms with Crippen molar-refractivity contribution in [1.82, 2.24) is 0 Å². The normalized spacial score (nSPS) is 19.9. The Morgan fingerprint density at radius 2 is 1.85 bits per heavy atom. The number of hydrogen-bond donors (Lipinski definition) is 0. The van der Waals surface area contributed by atoms with E-state index in [0.717, 1.165) is 0 Å². The number of nitro groups is 1. The average molecular weight is 389 g/mol. The zero-order valence-electron chi connectivity index (χ0n) is 14.0. The molecule has 2 atom stereocenters. The largest absolute Gasteiger partial charge is 0.457 e. The van der Waals surface area contributed by atoms with Gasteiger partial charge in [-0.3, -0.25) is 14.9 Å². The molecule has 1 heterocycles. The molecule has 1 aliphatic rings. The van der Waals surface area contributed by atoms with Gasteiger partial charge in [-0.15, -0.1) is 0 Å². The van der Waals surface area contributed by atoms with E-state index >= 15 is 0 Å². The van der Waals surface area contributed by atoms with E-state index in [1.54, 1.807) is 30.3 Å². The molecule has 27 heavy (non-hydrogen) atoms. The highest BCUT2D eigenvalue weighted by molar-refractivity contribution is 7.87. The fourth-order valence-corrected chi connectivity index (χ4v) is 4.06. The van der Waals surface area contributed by atoms with Gasteiger partial charge in [-0.1, -0.05) is 18.2 Å². The van der Waals surface area contributed by atoms with Crippen LogP contribution in [0.1, 0.15) is 18.4 Å². The third kappa shape index (κ3) is 3.87. The van der Waals surface area contributed by atoms with E-state index in [0.29, 0.717) is 10.5 Å². The molecular weight excluding hydrogens is 374 g/mol. The molecule has 2 aromatic carbocycles. The second-order valence-electron chi connectivity index (χ2n) is 5.81. The van der Waals surface area contributed by atoms with Crippen molar-refractivity contribution in [3.05, 3.63) is 70.3 Å². The third-order valence-electron chi connectivity index (χ3n) is 4.02. The lowest BCUT2D eigenvalue weighted by atomic mass is 10.2. The standard InChI is InChI=1S/C18H15NO7S/c20-16-10-11-18(26-16,27(24)15-4-2-1-3-5-15)17(21)25-12-13-6-8-14(9-7-13)19(22)23/h1-9H,10-12H2. The van der Waals surface area contributed by atoms with Crippen molar-refractivity contribution in [2.45, 2.75) is 29.3 Å². The van der Waals surface area contributed by atoms with Crippen molar-refractivity contribution in [3.8, 4) is 0 Å². The minimum absolute atomic E-state index is 0.0365. The molecule has 0 radical (unpaired) electrons. The molecule has 2 aromatic rings. The topological polar surface area (TPSA) is 113 Å². The molecular formula is C18H15NO7S. The fourth-order valence-electron chi connectivity index (χ4n) is 2.61. The lowest BCUT2D eigenvalue weighted by Crippen LogP contribution is -2.44. The highest BCUT2D eigenvalue weighted by Crippen LogP contribution is 2.35. The Morgan fingerprint density at radius 1 is 1.19 bits per heavy atom. The molecule has 1 saturated heterocycles. The smallest absolute Gasteiger partial charge is 0.364 e. The van der Waals surface area contributed by atoms with Crippen molar-refractivity contribution in [2.75, 3.05) is 0 Å². The van der Waals surface area contributed by atoms with Crippen molar-refractivity contribution < 1.29 is 28.2 Å². The Morgan fingerprint density at radius 3 is 2.41 bits per heavy atom. The van der Waals surface area contributed by atoms with E-state index in [1.807, 2.05) is 0 Å². The number of benzene rings is 2. The molecule has 0 bridgehead atoms. The molecule has 9 heteroatoms. The summed E-state index contributed by atoms with van der Waals surface area (Å²) in [5, 5.41) is 10.7. The van der Waals surface area contributed by atoms with Crippen molar-refractivity contribution >= 4 is 28.4 Å². The molecule has 140 valence electrons. The van der Waals surface area contributed by atoms with Crippen LogP contribution < -0.4 is 0 Å². The van der Waals surface area contributed by atoms with Crippen LogP contribution in [0.3, 0.4) is 0 Å². The summed E-state index contributed by atoms with van der Waals surface area (Å²) in [6.07, 6.45) is -0.0857. The van der Waals surface area contributed by atoms with E-state index in [1.165, 1.54) is 24.3 Å². The fraction of sp³-hybridized carbons (Fsp3) is 0.222. The predicted octanol–water partition coefficient (Wildman–Crippen LogP) is 2.48. The van der Waals surface area contributed by atoms with E-state index in [2.05, 4.69) is 0 Å². The average Bonchev–Trinajstić information content (AvgIpc) is 3.09. The molecule has 1 aliphatic heterocycles. The summed E-state index contributed by atoms with van der Waals surface area (Å²) >= 11 is 0. The van der Waals surface area contributed by atoms with Crippen LogP contribution in [0.5, 0.6) is 0 Å². The maximum Gasteiger partial charge on any atom is 0.364 e. The van der Waals surface area contributed by atoms with Crippen molar-refractivity contribution in [1.29, 1.82) is 0 Å². The summed E-state index contributed by atoms with van der Waals surface area (Å²) in [4.78, 5) is 32.9. The number of ether oxygens (including phenoxy) is 2. The number of carbonyl (C=O) groups excluding carboxylic acids is 2. The predicted molar refractivity (Wildman–Crippen MR) is 93.8 cm³/mol. The SMILES string of the molecule is O=C1CCC(C(=O)OCc2ccc([N+](=O)[O-])cc2)(S(=O)c2ccccc2)O1. The van der Waals surface area contributed by atoms with Gasteiger partial charge < -0.3 is 9.47 Å². The van der Waals surface area contributed by atoms with Crippen LogP contribution in [0.25, 0.3) is 0 Å². The van der Waals surface area contributed by atoms with Crippen molar-refractivity contribution in [2.24, 2.45) is 0 Å². The first kappa shape index (κ1) is 18.7.